The van der Waals surface area contributed by atoms with Crippen LogP contribution in [0.5, 0.6) is 0 Å². The van der Waals surface area contributed by atoms with Gasteiger partial charge in [0.15, 0.2) is 0 Å². The van der Waals surface area contributed by atoms with E-state index in [1.807, 2.05) is 24.9 Å². The van der Waals surface area contributed by atoms with Crippen LogP contribution in [0.4, 0.5) is 5.95 Å². The molecule has 1 saturated heterocycles. The van der Waals surface area contributed by atoms with Crippen LogP contribution in [0.2, 0.25) is 0 Å². The zero-order chi connectivity index (χ0) is 12.4. The minimum atomic E-state index is 0.480. The van der Waals surface area contributed by atoms with Gasteiger partial charge in [0.1, 0.15) is 0 Å². The van der Waals surface area contributed by atoms with Gasteiger partial charge in [-0.1, -0.05) is 6.92 Å². The lowest BCUT2D eigenvalue weighted by Crippen LogP contribution is -2.45. The first-order valence-electron chi connectivity index (χ1n) is 5.90. The Balaban J connectivity index is 2.24. The number of alkyl halides is 1. The van der Waals surface area contributed by atoms with Crippen molar-refractivity contribution in [3.8, 4) is 0 Å². The number of aryl methyl sites for hydroxylation is 1. The molecule has 0 aliphatic carbocycles. The smallest absolute Gasteiger partial charge is 0.225 e. The van der Waals surface area contributed by atoms with Gasteiger partial charge in [0, 0.05) is 41.0 Å². The number of hydrogen-bond donors (Lipinski definition) is 0. The lowest BCUT2D eigenvalue weighted by Gasteiger charge is -2.37. The average molecular weight is 272 g/mol. The van der Waals surface area contributed by atoms with Gasteiger partial charge >= 0.3 is 0 Å². The third kappa shape index (κ3) is 2.68. The van der Waals surface area contributed by atoms with Gasteiger partial charge in [0.25, 0.3) is 0 Å². The molecule has 2 atom stereocenters. The van der Waals surface area contributed by atoms with E-state index in [0.717, 1.165) is 29.5 Å². The molecule has 0 saturated carbocycles. The Morgan fingerprint density at radius 2 is 2.29 bits per heavy atom. The van der Waals surface area contributed by atoms with Crippen molar-refractivity contribution in [1.29, 1.82) is 0 Å². The van der Waals surface area contributed by atoms with Gasteiger partial charge in [0.05, 0.1) is 5.88 Å². The molecule has 5 heteroatoms. The normalized spacial score (nSPS) is 25.1. The van der Waals surface area contributed by atoms with Gasteiger partial charge in [-0.15, -0.1) is 11.6 Å². The fourth-order valence-corrected chi connectivity index (χ4v) is 3.33. The molecule has 1 aliphatic rings. The fraction of sp³-hybridized carbons (Fsp3) is 0.667. The summed E-state index contributed by atoms with van der Waals surface area (Å²) in [5, 5.41) is 0.625. The van der Waals surface area contributed by atoms with Crippen molar-refractivity contribution in [2.24, 2.45) is 0 Å². The second-order valence-electron chi connectivity index (χ2n) is 4.42. The van der Waals surface area contributed by atoms with Crippen molar-refractivity contribution in [2.75, 3.05) is 17.2 Å². The first kappa shape index (κ1) is 13.0. The Morgan fingerprint density at radius 3 is 2.94 bits per heavy atom. The second-order valence-corrected chi connectivity index (χ2v) is 6.18. The van der Waals surface area contributed by atoms with E-state index in [1.165, 1.54) is 0 Å². The summed E-state index contributed by atoms with van der Waals surface area (Å²) in [5.41, 5.74) is 2.01. The van der Waals surface area contributed by atoms with Crippen molar-refractivity contribution in [3.05, 3.63) is 17.5 Å². The molecule has 1 fully saturated rings. The lowest BCUT2D eigenvalue weighted by molar-refractivity contribution is 0.610. The maximum absolute atomic E-state index is 5.83. The lowest BCUT2D eigenvalue weighted by atomic mass is 10.2. The van der Waals surface area contributed by atoms with Crippen LogP contribution in [-0.2, 0) is 5.88 Å². The summed E-state index contributed by atoms with van der Waals surface area (Å²) in [6.45, 7) is 7.53. The predicted molar refractivity (Wildman–Crippen MR) is 75.1 cm³/mol. The van der Waals surface area contributed by atoms with Crippen molar-refractivity contribution >= 4 is 29.3 Å². The van der Waals surface area contributed by atoms with Crippen molar-refractivity contribution in [2.45, 2.75) is 37.9 Å². The Kier molecular flexibility index (Phi) is 4.15. The molecule has 3 nitrogen and oxygen atoms in total. The van der Waals surface area contributed by atoms with Crippen molar-refractivity contribution in [1.82, 2.24) is 9.97 Å². The van der Waals surface area contributed by atoms with E-state index in [2.05, 4.69) is 28.7 Å². The van der Waals surface area contributed by atoms with Gasteiger partial charge < -0.3 is 4.90 Å². The summed E-state index contributed by atoms with van der Waals surface area (Å²) in [6, 6.07) is 0.481. The molecule has 94 valence electrons. The van der Waals surface area contributed by atoms with Crippen LogP contribution >= 0.6 is 23.4 Å². The molecule has 0 spiro atoms. The minimum Gasteiger partial charge on any atom is -0.336 e. The minimum absolute atomic E-state index is 0.480. The highest BCUT2D eigenvalue weighted by Gasteiger charge is 2.27. The van der Waals surface area contributed by atoms with E-state index >= 15 is 0 Å². The first-order chi connectivity index (χ1) is 8.13. The quantitative estimate of drug-likeness (QED) is 0.774. The summed E-state index contributed by atoms with van der Waals surface area (Å²) in [4.78, 5) is 11.3. The van der Waals surface area contributed by atoms with Gasteiger partial charge in [-0.25, -0.2) is 9.97 Å². The number of halogens is 1. The molecule has 2 rings (SSSR count). The summed E-state index contributed by atoms with van der Waals surface area (Å²) in [7, 11) is 0. The summed E-state index contributed by atoms with van der Waals surface area (Å²) >= 11 is 7.84. The monoisotopic (exact) mass is 271 g/mol. The predicted octanol–water partition coefficient (Wildman–Crippen LogP) is 2.85. The topological polar surface area (TPSA) is 29.0 Å². The zero-order valence-electron chi connectivity index (χ0n) is 10.5. The molecule has 0 bridgehead atoms. The van der Waals surface area contributed by atoms with E-state index in [0.29, 0.717) is 17.2 Å². The van der Waals surface area contributed by atoms with Crippen LogP contribution in [0, 0.1) is 6.92 Å². The van der Waals surface area contributed by atoms with E-state index in [1.54, 1.807) is 0 Å². The van der Waals surface area contributed by atoms with Gasteiger partial charge in [-0.05, 0) is 13.8 Å². The molecule has 2 heterocycles. The van der Waals surface area contributed by atoms with E-state index in [4.69, 9.17) is 11.6 Å². The third-order valence-electron chi connectivity index (χ3n) is 3.35. The highest BCUT2D eigenvalue weighted by Crippen LogP contribution is 2.27. The largest absolute Gasteiger partial charge is 0.336 e. The first-order valence-corrected chi connectivity index (χ1v) is 7.48. The number of hydrogen-bond acceptors (Lipinski definition) is 4. The van der Waals surface area contributed by atoms with Gasteiger partial charge in [-0.2, -0.15) is 11.8 Å². The van der Waals surface area contributed by atoms with Gasteiger partial charge in [0.2, 0.25) is 5.95 Å². The molecule has 1 aromatic heterocycles. The molecule has 1 aromatic rings. The second kappa shape index (κ2) is 5.44. The molecule has 1 aliphatic heterocycles. The molecule has 2 unspecified atom stereocenters. The molecule has 0 N–H and O–H groups in total. The Labute approximate surface area is 112 Å². The molecular formula is C12H18ClN3S. The van der Waals surface area contributed by atoms with Crippen molar-refractivity contribution in [3.63, 3.8) is 0 Å². The zero-order valence-corrected chi connectivity index (χ0v) is 12.1. The highest BCUT2D eigenvalue weighted by molar-refractivity contribution is 8.00. The molecule has 0 aromatic carbocycles. The Hall–Kier alpha value is -0.480. The summed E-state index contributed by atoms with van der Waals surface area (Å²) in [6.07, 6.45) is 1.85. The van der Waals surface area contributed by atoms with E-state index < -0.39 is 0 Å². The number of rotatable bonds is 2. The standard InChI is InChI=1S/C12H18ClN3S/c1-8-11(6-13)7-14-12(15-8)16-4-5-17-10(3)9(16)2/h7,9-10H,4-6H2,1-3H3. The maximum Gasteiger partial charge on any atom is 0.225 e. The number of nitrogens with zero attached hydrogens (tertiary/aromatic N) is 3. The number of thioether (sulfide) groups is 1. The summed E-state index contributed by atoms with van der Waals surface area (Å²) in [5.74, 6) is 2.47. The van der Waals surface area contributed by atoms with Crippen LogP contribution in [0.1, 0.15) is 25.1 Å². The van der Waals surface area contributed by atoms with E-state index in [-0.39, 0.29) is 0 Å². The van der Waals surface area contributed by atoms with E-state index in [9.17, 15) is 0 Å². The van der Waals surface area contributed by atoms with Crippen LogP contribution < -0.4 is 4.90 Å². The number of aromatic nitrogens is 2. The molecule has 0 amide bonds. The number of anilines is 1. The Bertz CT molecular complexity index is 399. The van der Waals surface area contributed by atoms with Crippen LogP contribution in [0.3, 0.4) is 0 Å². The van der Waals surface area contributed by atoms with Crippen molar-refractivity contribution < 1.29 is 0 Å². The summed E-state index contributed by atoms with van der Waals surface area (Å²) < 4.78 is 0. The SMILES string of the molecule is Cc1nc(N2CCSC(C)C2C)ncc1CCl. The van der Waals surface area contributed by atoms with Gasteiger partial charge in [-0.3, -0.25) is 0 Å². The third-order valence-corrected chi connectivity index (χ3v) is 4.98. The van der Waals surface area contributed by atoms with Crippen LogP contribution in [0.15, 0.2) is 6.20 Å². The van der Waals surface area contributed by atoms with Crippen LogP contribution in [0.25, 0.3) is 0 Å². The molecule has 0 radical (unpaired) electrons. The average Bonchev–Trinajstić information content (AvgIpc) is 2.32. The fourth-order valence-electron chi connectivity index (χ4n) is 1.96. The molecule has 17 heavy (non-hydrogen) atoms. The van der Waals surface area contributed by atoms with Crippen LogP contribution in [-0.4, -0.2) is 33.6 Å². The maximum atomic E-state index is 5.83. The molecular weight excluding hydrogens is 254 g/mol. The Morgan fingerprint density at radius 1 is 1.53 bits per heavy atom. The highest BCUT2D eigenvalue weighted by atomic mass is 35.5.